The molecule has 0 amide bonds. The van der Waals surface area contributed by atoms with Crippen LogP contribution in [0.5, 0.6) is 11.6 Å². The van der Waals surface area contributed by atoms with Gasteiger partial charge in [-0.2, -0.15) is 0 Å². The standard InChI is InChI=1S/C14H13NO/c1-10-8-12-7-6-11-4-2-3-5-13(11)16-14(12)15-9-10/h2-5,8-9H,6-7H2,1H3. The first-order valence-corrected chi connectivity index (χ1v) is 5.54. The van der Waals surface area contributed by atoms with Crippen molar-refractivity contribution in [2.45, 2.75) is 19.8 Å². The second-order valence-electron chi connectivity index (χ2n) is 4.19. The van der Waals surface area contributed by atoms with Gasteiger partial charge in [0.05, 0.1) is 0 Å². The highest BCUT2D eigenvalue weighted by atomic mass is 16.5. The number of fused-ring (bicyclic) bond motifs is 2. The summed E-state index contributed by atoms with van der Waals surface area (Å²) in [5.74, 6) is 1.70. The van der Waals surface area contributed by atoms with Gasteiger partial charge in [-0.25, -0.2) is 4.98 Å². The molecule has 0 aliphatic carbocycles. The number of ether oxygens (including phenoxy) is 1. The number of para-hydroxylation sites is 1. The summed E-state index contributed by atoms with van der Waals surface area (Å²) >= 11 is 0. The second kappa shape index (κ2) is 3.63. The fraction of sp³-hybridized carbons (Fsp3) is 0.214. The molecule has 3 rings (SSSR count). The molecule has 0 N–H and O–H groups in total. The third-order valence-corrected chi connectivity index (χ3v) is 2.90. The lowest BCUT2D eigenvalue weighted by atomic mass is 10.1. The van der Waals surface area contributed by atoms with Crippen molar-refractivity contribution in [2.75, 3.05) is 0 Å². The molecule has 0 saturated heterocycles. The predicted molar refractivity (Wildman–Crippen MR) is 62.9 cm³/mol. The molecule has 1 aliphatic rings. The molecule has 0 unspecified atom stereocenters. The van der Waals surface area contributed by atoms with E-state index in [9.17, 15) is 0 Å². The Morgan fingerprint density at radius 1 is 1.12 bits per heavy atom. The Morgan fingerprint density at radius 2 is 1.94 bits per heavy atom. The first-order valence-electron chi connectivity index (χ1n) is 5.54. The Balaban J connectivity index is 2.08. The average molecular weight is 211 g/mol. The third kappa shape index (κ3) is 1.56. The van der Waals surface area contributed by atoms with E-state index in [2.05, 4.69) is 30.1 Å². The van der Waals surface area contributed by atoms with E-state index in [4.69, 9.17) is 4.74 Å². The van der Waals surface area contributed by atoms with Gasteiger partial charge >= 0.3 is 0 Å². The van der Waals surface area contributed by atoms with E-state index < -0.39 is 0 Å². The summed E-state index contributed by atoms with van der Waals surface area (Å²) in [5.41, 5.74) is 3.66. The molecule has 80 valence electrons. The molecule has 0 fully saturated rings. The molecule has 1 aromatic carbocycles. The average Bonchev–Trinajstić information content (AvgIpc) is 2.48. The molecule has 2 nitrogen and oxygen atoms in total. The molecular weight excluding hydrogens is 198 g/mol. The minimum absolute atomic E-state index is 0.760. The van der Waals surface area contributed by atoms with Gasteiger partial charge in [0.1, 0.15) is 5.75 Å². The van der Waals surface area contributed by atoms with E-state index in [-0.39, 0.29) is 0 Å². The summed E-state index contributed by atoms with van der Waals surface area (Å²) in [4.78, 5) is 4.36. The Kier molecular flexibility index (Phi) is 2.13. The first kappa shape index (κ1) is 9.40. The quantitative estimate of drug-likeness (QED) is 0.667. The van der Waals surface area contributed by atoms with Crippen LogP contribution in [0.3, 0.4) is 0 Å². The van der Waals surface area contributed by atoms with Crippen molar-refractivity contribution in [3.05, 3.63) is 53.2 Å². The van der Waals surface area contributed by atoms with Crippen LogP contribution in [-0.2, 0) is 12.8 Å². The largest absolute Gasteiger partial charge is 0.438 e. The van der Waals surface area contributed by atoms with Crippen molar-refractivity contribution in [1.29, 1.82) is 0 Å². The maximum absolute atomic E-state index is 5.85. The highest BCUT2D eigenvalue weighted by Crippen LogP contribution is 2.31. The van der Waals surface area contributed by atoms with Gasteiger partial charge in [-0.3, -0.25) is 0 Å². The van der Waals surface area contributed by atoms with Crippen LogP contribution in [-0.4, -0.2) is 4.98 Å². The molecule has 0 saturated carbocycles. The van der Waals surface area contributed by atoms with Crippen molar-refractivity contribution in [2.24, 2.45) is 0 Å². The topological polar surface area (TPSA) is 22.1 Å². The lowest BCUT2D eigenvalue weighted by Gasteiger charge is -2.07. The SMILES string of the molecule is Cc1cnc2c(c1)CCc1ccccc1O2. The number of hydrogen-bond acceptors (Lipinski definition) is 2. The van der Waals surface area contributed by atoms with Crippen LogP contribution in [0.2, 0.25) is 0 Å². The number of benzene rings is 1. The van der Waals surface area contributed by atoms with Crippen LogP contribution in [0.25, 0.3) is 0 Å². The summed E-state index contributed by atoms with van der Waals surface area (Å²) in [6.07, 6.45) is 3.88. The molecule has 1 aromatic heterocycles. The maximum atomic E-state index is 5.85. The van der Waals surface area contributed by atoms with E-state index in [1.54, 1.807) is 0 Å². The number of pyridine rings is 1. The van der Waals surface area contributed by atoms with Gasteiger partial charge in [0.25, 0.3) is 0 Å². The maximum Gasteiger partial charge on any atom is 0.222 e. The molecule has 16 heavy (non-hydrogen) atoms. The number of rotatable bonds is 0. The molecule has 0 spiro atoms. The summed E-state index contributed by atoms with van der Waals surface area (Å²) in [5, 5.41) is 0. The summed E-state index contributed by atoms with van der Waals surface area (Å²) in [6, 6.07) is 10.3. The molecular formula is C14H13NO. The summed E-state index contributed by atoms with van der Waals surface area (Å²) in [6.45, 7) is 2.06. The first-order chi connectivity index (χ1) is 7.83. The summed E-state index contributed by atoms with van der Waals surface area (Å²) in [7, 11) is 0. The Hall–Kier alpha value is -1.83. The van der Waals surface area contributed by atoms with Gasteiger partial charge in [0, 0.05) is 11.8 Å². The molecule has 0 atom stereocenters. The number of nitrogens with zero attached hydrogens (tertiary/aromatic N) is 1. The van der Waals surface area contributed by atoms with Crippen LogP contribution >= 0.6 is 0 Å². The van der Waals surface area contributed by atoms with E-state index in [1.807, 2.05) is 18.3 Å². The molecule has 0 radical (unpaired) electrons. The minimum atomic E-state index is 0.760. The molecule has 0 bridgehead atoms. The molecule has 2 aromatic rings. The molecule has 2 heteroatoms. The molecule has 1 aliphatic heterocycles. The van der Waals surface area contributed by atoms with Crippen molar-refractivity contribution in [3.63, 3.8) is 0 Å². The Bertz CT molecular complexity index is 534. The van der Waals surface area contributed by atoms with Crippen LogP contribution in [0.15, 0.2) is 36.5 Å². The lowest BCUT2D eigenvalue weighted by Crippen LogP contribution is -1.92. The van der Waals surface area contributed by atoms with Crippen LogP contribution in [0.4, 0.5) is 0 Å². The van der Waals surface area contributed by atoms with Crippen molar-refractivity contribution in [1.82, 2.24) is 4.98 Å². The van der Waals surface area contributed by atoms with Crippen LogP contribution < -0.4 is 4.74 Å². The zero-order valence-electron chi connectivity index (χ0n) is 9.23. The van der Waals surface area contributed by atoms with Crippen molar-refractivity contribution in [3.8, 4) is 11.6 Å². The van der Waals surface area contributed by atoms with E-state index in [0.717, 1.165) is 24.5 Å². The Morgan fingerprint density at radius 3 is 2.88 bits per heavy atom. The number of aryl methyl sites for hydroxylation is 3. The fourth-order valence-corrected chi connectivity index (χ4v) is 2.07. The van der Waals surface area contributed by atoms with E-state index >= 15 is 0 Å². The highest BCUT2D eigenvalue weighted by molar-refractivity contribution is 5.42. The highest BCUT2D eigenvalue weighted by Gasteiger charge is 2.14. The lowest BCUT2D eigenvalue weighted by molar-refractivity contribution is 0.459. The second-order valence-corrected chi connectivity index (χ2v) is 4.19. The zero-order chi connectivity index (χ0) is 11.0. The van der Waals surface area contributed by atoms with Crippen molar-refractivity contribution >= 4 is 0 Å². The van der Waals surface area contributed by atoms with Gasteiger partial charge in [-0.15, -0.1) is 0 Å². The van der Waals surface area contributed by atoms with Crippen LogP contribution in [0.1, 0.15) is 16.7 Å². The third-order valence-electron chi connectivity index (χ3n) is 2.90. The van der Waals surface area contributed by atoms with Gasteiger partial charge in [-0.05, 0) is 43.0 Å². The zero-order valence-corrected chi connectivity index (χ0v) is 9.23. The smallest absolute Gasteiger partial charge is 0.222 e. The van der Waals surface area contributed by atoms with Gasteiger partial charge in [0.15, 0.2) is 0 Å². The number of hydrogen-bond donors (Lipinski definition) is 0. The molecule has 2 heterocycles. The van der Waals surface area contributed by atoms with E-state index in [0.29, 0.717) is 0 Å². The summed E-state index contributed by atoms with van der Waals surface area (Å²) < 4.78 is 5.85. The van der Waals surface area contributed by atoms with E-state index in [1.165, 1.54) is 16.7 Å². The van der Waals surface area contributed by atoms with Gasteiger partial charge in [-0.1, -0.05) is 18.2 Å². The van der Waals surface area contributed by atoms with Gasteiger partial charge < -0.3 is 4.74 Å². The minimum Gasteiger partial charge on any atom is -0.438 e. The predicted octanol–water partition coefficient (Wildman–Crippen LogP) is 3.28. The van der Waals surface area contributed by atoms with Crippen LogP contribution in [0, 0.1) is 6.92 Å². The Labute approximate surface area is 94.9 Å². The number of aromatic nitrogens is 1. The van der Waals surface area contributed by atoms with Gasteiger partial charge in [0.2, 0.25) is 5.88 Å². The normalized spacial score (nSPS) is 13.3. The fourth-order valence-electron chi connectivity index (χ4n) is 2.07. The monoisotopic (exact) mass is 211 g/mol. The van der Waals surface area contributed by atoms with Crippen molar-refractivity contribution < 1.29 is 4.74 Å².